The summed E-state index contributed by atoms with van der Waals surface area (Å²) in [6, 6.07) is 33.4. The van der Waals surface area contributed by atoms with Gasteiger partial charge in [0.15, 0.2) is 22.8 Å². The van der Waals surface area contributed by atoms with Gasteiger partial charge in [-0.05, 0) is 79.8 Å². The summed E-state index contributed by atoms with van der Waals surface area (Å²) in [7, 11) is 1.59. The molecule has 0 amide bonds. The van der Waals surface area contributed by atoms with E-state index in [1.165, 1.54) is 12.4 Å². The minimum absolute atomic E-state index is 0. The van der Waals surface area contributed by atoms with Crippen molar-refractivity contribution in [2.75, 3.05) is 111 Å². The van der Waals surface area contributed by atoms with Crippen molar-refractivity contribution in [2.24, 2.45) is 0 Å². The number of anilines is 7. The van der Waals surface area contributed by atoms with Crippen LogP contribution in [0.1, 0.15) is 69.3 Å². The first-order valence-electron chi connectivity index (χ1n) is 32.1. The molecule has 0 unspecified atom stereocenters. The number of hydrogen-bond acceptors (Lipinski definition) is 23. The molecule has 0 bridgehead atoms. The summed E-state index contributed by atoms with van der Waals surface area (Å²) in [5, 5.41) is 57.5. The molecule has 30 nitrogen and oxygen atoms in total. The van der Waals surface area contributed by atoms with Gasteiger partial charge in [0.05, 0.1) is 111 Å². The summed E-state index contributed by atoms with van der Waals surface area (Å²) in [4.78, 5) is 85.2. The van der Waals surface area contributed by atoms with Crippen LogP contribution in [-0.2, 0) is 20.8 Å². The monoisotopic (exact) mass is 1860 g/mol. The summed E-state index contributed by atoms with van der Waals surface area (Å²) in [5.41, 5.74) is 5.50. The van der Waals surface area contributed by atoms with E-state index in [2.05, 4.69) is 55.9 Å². The van der Waals surface area contributed by atoms with E-state index in [1.807, 2.05) is 95.6 Å². The molecule has 0 atom stereocenters. The topological polar surface area (TPSA) is 352 Å². The third-order valence-electron chi connectivity index (χ3n) is 16.9. The molecule has 3 aliphatic heterocycles. The van der Waals surface area contributed by atoms with Crippen LogP contribution in [0.15, 0.2) is 134 Å². The number of aryl methyl sites for hydroxylation is 2. The molecular formula is C70H72Cl3FI3N18O12+. The average Bonchev–Trinajstić information content (AvgIpc) is 1.49. The number of nitrogens with one attached hydrogen (secondary N) is 4. The SMILES string of the molecule is C.C.COc1ccc(Cn2nc(Nc3cc(N4CCOCC4)ncc3C(=O)c3ccccc3Cl)c([N+](=O)[O-])c2C)cc1.Cc1[nH][n+]2c(-c3ccccc3Cl)c3cnc(N4CCOCC4)cc3nc2c1[N+](=O)[O-].Cc1[nH]nc(Nc2cc(N3CCOCC3)ncc2C(=O)c2ccccc2Cl)c1[N+](=O)[O-].FI(I)I. The Hall–Kier alpha value is -9.16. The number of carbonyl (C=O) groups is 2. The van der Waals surface area contributed by atoms with Crippen LogP contribution in [0.25, 0.3) is 27.8 Å². The number of nitrogens with zero attached hydrogens (tertiary/aromatic N) is 14. The first-order valence-corrected chi connectivity index (χ1v) is 46.6. The van der Waals surface area contributed by atoms with Crippen LogP contribution in [0.4, 0.5) is 60.4 Å². The van der Waals surface area contributed by atoms with Gasteiger partial charge in [-0.25, -0.2) is 20.1 Å². The molecule has 3 saturated heterocycles. The van der Waals surface area contributed by atoms with Crippen LogP contribution in [0.3, 0.4) is 0 Å². The number of methoxy groups -OCH3 is 1. The molecule has 3 fully saturated rings. The van der Waals surface area contributed by atoms with E-state index in [4.69, 9.17) is 53.8 Å². The van der Waals surface area contributed by atoms with E-state index in [-0.39, 0.29) is 71.9 Å². The van der Waals surface area contributed by atoms with Crippen molar-refractivity contribution < 1.29 is 50.7 Å². The van der Waals surface area contributed by atoms with Crippen molar-refractivity contribution in [1.82, 2.24) is 45.0 Å². The Bertz CT molecular complexity index is 5040. The van der Waals surface area contributed by atoms with Gasteiger partial charge < -0.3 is 44.3 Å². The molecule has 0 aliphatic carbocycles. The Labute approximate surface area is 655 Å². The van der Waals surface area contributed by atoms with Crippen LogP contribution >= 0.6 is 84.5 Å². The first kappa shape index (κ1) is 81.9. The summed E-state index contributed by atoms with van der Waals surface area (Å²) >= 11 is 20.9. The number of ether oxygens (including phenoxy) is 4. The molecule has 3 aliphatic rings. The Kier molecular flexibility index (Phi) is 28.8. The summed E-state index contributed by atoms with van der Waals surface area (Å²) in [6.07, 6.45) is 4.66. The molecule has 37 heteroatoms. The quantitative estimate of drug-likeness (QED) is 0.0204. The van der Waals surface area contributed by atoms with Crippen molar-refractivity contribution in [3.8, 4) is 17.0 Å². The summed E-state index contributed by atoms with van der Waals surface area (Å²) in [5.74, 6) is 2.00. The van der Waals surface area contributed by atoms with E-state index >= 15 is 0 Å². The van der Waals surface area contributed by atoms with Crippen LogP contribution < -0.4 is 34.6 Å². The number of rotatable bonds is 18. The van der Waals surface area contributed by atoms with Crippen LogP contribution in [0, 0.1) is 51.1 Å². The van der Waals surface area contributed by atoms with Crippen LogP contribution in [-0.4, -0.2) is 157 Å². The molecular weight excluding hydrogens is 1790 g/mol. The molecule has 14 rings (SSSR count). The Morgan fingerprint density at radius 3 is 1.53 bits per heavy atom. The van der Waals surface area contributed by atoms with E-state index in [0.29, 0.717) is 156 Å². The number of aromatic amines is 2. The van der Waals surface area contributed by atoms with Crippen molar-refractivity contribution in [3.05, 3.63) is 224 Å². The van der Waals surface area contributed by atoms with Gasteiger partial charge in [0, 0.05) is 92.7 Å². The predicted molar refractivity (Wildman–Crippen MR) is 435 cm³/mol. The molecule has 4 aromatic carbocycles. The van der Waals surface area contributed by atoms with Crippen LogP contribution in [0.2, 0.25) is 15.1 Å². The number of pyridine rings is 3. The molecule has 11 aromatic rings. The van der Waals surface area contributed by atoms with Gasteiger partial charge in [-0.3, -0.25) is 49.7 Å². The number of halogens is 7. The number of benzene rings is 4. The standard InChI is InChI=1S/C28H27ClN6O5.C20H19ClN6O4.C20H17ClN6O3.2CH4.FI3/c1-18-26(35(37)38)28(32-34(18)17-19-7-9-20(39-2)10-8-19)31-24-15-25(33-11-13-40-14-12-33)30-16-22(24)27(36)21-5-3-4-6-23(21)29;1-12-18(27(29)30)20(25-24-12)23-16-10-17(26-6-8-31-9-7-26)22-11-14(16)19(28)13-4-2-3-5-15(13)21;1-12-18(27(28)29)20-23-16-10-17(25-6-8-30-9-7-25)22-11-14(16)19(26(20)24-12)13-4-2-3-5-15(13)21;;;1-4(2)3/h3-10,15-16H,11-14,17H2,1-2H3,(H,30,31,32);2-5,10-11H,6-9H2,1H3,(H2,22,23,24,25);2-5,10-11H,6-9H2,1H3;2*1H4;/p+1. The Morgan fingerprint density at radius 2 is 1.07 bits per heavy atom. The fourth-order valence-electron chi connectivity index (χ4n) is 11.7. The molecule has 0 spiro atoms. The maximum atomic E-state index is 13.6. The third-order valence-corrected chi connectivity index (χ3v) is 17.9. The van der Waals surface area contributed by atoms with Crippen molar-refractivity contribution in [3.63, 3.8) is 0 Å². The van der Waals surface area contributed by atoms with E-state index < -0.39 is 27.2 Å². The van der Waals surface area contributed by atoms with Gasteiger partial charge >= 0.3 is 75.2 Å². The van der Waals surface area contributed by atoms with Gasteiger partial charge in [0.2, 0.25) is 11.6 Å². The number of H-pyrrole nitrogens is 2. The van der Waals surface area contributed by atoms with Crippen molar-refractivity contribution in [1.29, 1.82) is 0 Å². The van der Waals surface area contributed by atoms with Crippen molar-refractivity contribution in [2.45, 2.75) is 42.2 Å². The van der Waals surface area contributed by atoms with Gasteiger partial charge in [-0.1, -0.05) is 98.2 Å². The summed E-state index contributed by atoms with van der Waals surface area (Å²) < 4.78 is 35.8. The molecule has 0 saturated carbocycles. The van der Waals surface area contributed by atoms with E-state index in [9.17, 15) is 42.8 Å². The number of aromatic nitrogens is 10. The first-order chi connectivity index (χ1) is 50.6. The van der Waals surface area contributed by atoms with E-state index in [0.717, 1.165) is 35.4 Å². The molecule has 562 valence electrons. The number of fused-ring (bicyclic) bond motifs is 2. The molecule has 10 heterocycles. The van der Waals surface area contributed by atoms with Gasteiger partial charge in [0.25, 0.3) is 0 Å². The zero-order valence-electron chi connectivity index (χ0n) is 56.2. The number of hydrogen-bond donors (Lipinski definition) is 4. The second kappa shape index (κ2) is 37.6. The Balaban J connectivity index is 0.000000181. The number of morpholine rings is 3. The molecule has 4 N–H and O–H groups in total. The van der Waals surface area contributed by atoms with Crippen molar-refractivity contribution >= 4 is 170 Å². The second-order valence-corrected chi connectivity index (χ2v) is 45.6. The Morgan fingerprint density at radius 1 is 0.617 bits per heavy atom. The molecule has 7 aromatic heterocycles. The minimum atomic E-state index is -1.82. The van der Waals surface area contributed by atoms with Gasteiger partial charge in [-0.2, -0.15) is 0 Å². The normalized spacial score (nSPS) is 13.4. The second-order valence-electron chi connectivity index (χ2n) is 23.4. The average molecular weight is 1860 g/mol. The fourth-order valence-corrected chi connectivity index (χ4v) is 12.4. The van der Waals surface area contributed by atoms with Gasteiger partial charge in [0.1, 0.15) is 40.3 Å². The number of nitro groups is 3. The summed E-state index contributed by atoms with van der Waals surface area (Å²) in [6.45, 7) is 12.7. The molecule has 107 heavy (non-hydrogen) atoms. The fraction of sp³-hybridized carbons (Fsp3) is 0.271. The zero-order chi connectivity index (χ0) is 74.6. The zero-order valence-corrected chi connectivity index (χ0v) is 64.9. The van der Waals surface area contributed by atoms with E-state index in [1.54, 1.807) is 110 Å². The maximum absolute atomic E-state index is 13.6. The third kappa shape index (κ3) is 19.4. The van der Waals surface area contributed by atoms with Gasteiger partial charge in [-0.15, -0.1) is 14.7 Å². The predicted octanol–water partition coefficient (Wildman–Crippen LogP) is 15.9. The number of ketones is 2. The van der Waals surface area contributed by atoms with Crippen LogP contribution in [0.5, 0.6) is 5.75 Å². The number of carbonyl (C=O) groups excluding carboxylic acids is 2. The molecule has 0 radical (unpaired) electrons.